The molecule has 1 unspecified atom stereocenters. The fraction of sp³-hybridized carbons (Fsp3) is 0.412. The second-order valence-electron chi connectivity index (χ2n) is 11.7. The van der Waals surface area contributed by atoms with Crippen molar-refractivity contribution in [3.8, 4) is 0 Å². The number of hydrogen-bond acceptors (Lipinski definition) is 6. The monoisotopic (exact) mass is 586 g/mol. The average molecular weight is 587 g/mol. The lowest BCUT2D eigenvalue weighted by atomic mass is 9.90. The Balaban J connectivity index is 1.11. The van der Waals surface area contributed by atoms with Gasteiger partial charge in [-0.15, -0.1) is 0 Å². The van der Waals surface area contributed by atoms with Crippen LogP contribution in [0, 0.1) is 12.8 Å². The number of halogens is 1. The average Bonchev–Trinajstić information content (AvgIpc) is 3.31. The van der Waals surface area contributed by atoms with E-state index >= 15 is 0 Å². The molecule has 3 aromatic carbocycles. The third kappa shape index (κ3) is 6.19. The van der Waals surface area contributed by atoms with Crippen molar-refractivity contribution in [3.63, 3.8) is 0 Å². The Morgan fingerprint density at radius 3 is 2.62 bits per heavy atom. The second-order valence-corrected chi connectivity index (χ2v) is 12.1. The molecule has 42 heavy (non-hydrogen) atoms. The Labute approximate surface area is 253 Å². The Morgan fingerprint density at radius 1 is 1.10 bits per heavy atom. The number of carbonyl (C=O) groups excluding carboxylic acids is 1. The molecule has 0 aliphatic carbocycles. The number of nitrogens with zero attached hydrogens (tertiary/aromatic N) is 4. The van der Waals surface area contributed by atoms with Crippen LogP contribution in [0.4, 0.5) is 11.4 Å². The molecule has 2 aliphatic heterocycles. The summed E-state index contributed by atoms with van der Waals surface area (Å²) in [5.41, 5.74) is 7.12. The van der Waals surface area contributed by atoms with Gasteiger partial charge in [-0.1, -0.05) is 29.8 Å². The molecule has 220 valence electrons. The zero-order valence-corrected chi connectivity index (χ0v) is 25.4. The highest BCUT2D eigenvalue weighted by molar-refractivity contribution is 6.33. The number of hydrogen-bond donors (Lipinski definition) is 0. The Hall–Kier alpha value is -3.39. The van der Waals surface area contributed by atoms with Gasteiger partial charge in [0.05, 0.1) is 53.6 Å². The van der Waals surface area contributed by atoms with Crippen molar-refractivity contribution in [2.24, 2.45) is 5.92 Å². The molecule has 7 nitrogen and oxygen atoms in total. The number of benzene rings is 3. The number of aromatic nitrogens is 2. The molecule has 0 radical (unpaired) electrons. The number of rotatable bonds is 9. The fourth-order valence-corrected chi connectivity index (χ4v) is 6.53. The van der Waals surface area contributed by atoms with Crippen LogP contribution in [0.5, 0.6) is 0 Å². The predicted molar refractivity (Wildman–Crippen MR) is 168 cm³/mol. The van der Waals surface area contributed by atoms with Gasteiger partial charge in [0.1, 0.15) is 5.82 Å². The number of anilines is 2. The summed E-state index contributed by atoms with van der Waals surface area (Å²) in [4.78, 5) is 21.9. The van der Waals surface area contributed by atoms with E-state index in [0.717, 1.165) is 97.3 Å². The second kappa shape index (κ2) is 12.5. The van der Waals surface area contributed by atoms with Crippen LogP contribution in [0.1, 0.15) is 46.6 Å². The van der Waals surface area contributed by atoms with Crippen LogP contribution >= 0.6 is 11.6 Å². The van der Waals surface area contributed by atoms with Crippen molar-refractivity contribution >= 4 is 40.0 Å². The molecule has 0 N–H and O–H groups in total. The summed E-state index contributed by atoms with van der Waals surface area (Å²) in [6, 6.07) is 20.7. The van der Waals surface area contributed by atoms with Gasteiger partial charge in [-0.2, -0.15) is 0 Å². The summed E-state index contributed by atoms with van der Waals surface area (Å²) < 4.78 is 13.0. The zero-order chi connectivity index (χ0) is 29.2. The Kier molecular flexibility index (Phi) is 8.52. The van der Waals surface area contributed by atoms with Crippen LogP contribution in [0.25, 0.3) is 11.0 Å². The zero-order valence-electron chi connectivity index (χ0n) is 24.7. The number of imidazole rings is 1. The van der Waals surface area contributed by atoms with Gasteiger partial charge in [-0.25, -0.2) is 9.78 Å². The molecule has 2 fully saturated rings. The summed E-state index contributed by atoms with van der Waals surface area (Å²) in [7, 11) is 3.49. The lowest BCUT2D eigenvalue weighted by Crippen LogP contribution is -2.36. The number of esters is 1. The van der Waals surface area contributed by atoms with E-state index in [-0.39, 0.29) is 12.1 Å². The molecule has 0 amide bonds. The van der Waals surface area contributed by atoms with Crippen molar-refractivity contribution in [1.29, 1.82) is 0 Å². The van der Waals surface area contributed by atoms with Crippen LogP contribution in [0.2, 0.25) is 5.02 Å². The molecule has 6 rings (SSSR count). The minimum absolute atomic E-state index is 0.200. The maximum atomic E-state index is 12.2. The first-order valence-corrected chi connectivity index (χ1v) is 15.3. The van der Waals surface area contributed by atoms with Gasteiger partial charge in [-0.3, -0.25) is 4.90 Å². The van der Waals surface area contributed by atoms with Crippen LogP contribution < -0.4 is 4.90 Å². The highest BCUT2D eigenvalue weighted by Crippen LogP contribution is 2.33. The molecule has 0 saturated carbocycles. The van der Waals surface area contributed by atoms with Crippen molar-refractivity contribution in [2.45, 2.75) is 51.8 Å². The molecular formula is C34H39ClN4O3. The molecule has 4 aromatic rings. The van der Waals surface area contributed by atoms with Crippen molar-refractivity contribution in [2.75, 3.05) is 38.8 Å². The molecule has 0 bridgehead atoms. The smallest absolute Gasteiger partial charge is 0.337 e. The first-order valence-electron chi connectivity index (χ1n) is 14.9. The van der Waals surface area contributed by atoms with E-state index in [4.69, 9.17) is 26.1 Å². The lowest BCUT2D eigenvalue weighted by Gasteiger charge is -2.32. The van der Waals surface area contributed by atoms with E-state index in [1.165, 1.54) is 12.7 Å². The molecule has 2 aliphatic rings. The number of ether oxygens (including phenoxy) is 2. The summed E-state index contributed by atoms with van der Waals surface area (Å²) in [6.45, 7) is 6.50. The molecule has 0 spiro atoms. The van der Waals surface area contributed by atoms with Crippen LogP contribution in [0.15, 0.2) is 60.7 Å². The van der Waals surface area contributed by atoms with Gasteiger partial charge >= 0.3 is 5.97 Å². The summed E-state index contributed by atoms with van der Waals surface area (Å²) in [5, 5.41) is 0.771. The van der Waals surface area contributed by atoms with Crippen molar-refractivity contribution in [1.82, 2.24) is 14.5 Å². The van der Waals surface area contributed by atoms with Gasteiger partial charge in [0.2, 0.25) is 0 Å². The lowest BCUT2D eigenvalue weighted by molar-refractivity contribution is -0.0592. The van der Waals surface area contributed by atoms with Gasteiger partial charge in [0.15, 0.2) is 0 Å². The quantitative estimate of drug-likeness (QED) is 0.201. The third-order valence-electron chi connectivity index (χ3n) is 8.79. The van der Waals surface area contributed by atoms with Crippen LogP contribution in [0.3, 0.4) is 0 Å². The van der Waals surface area contributed by atoms with Crippen LogP contribution in [-0.4, -0.2) is 60.4 Å². The topological polar surface area (TPSA) is 59.8 Å². The predicted octanol–water partition coefficient (Wildman–Crippen LogP) is 6.80. The molecule has 3 heterocycles. The number of fused-ring (bicyclic) bond motifs is 1. The van der Waals surface area contributed by atoms with Gasteiger partial charge < -0.3 is 18.9 Å². The summed E-state index contributed by atoms with van der Waals surface area (Å²) in [6.07, 6.45) is 4.64. The number of piperidine rings is 1. The van der Waals surface area contributed by atoms with E-state index in [9.17, 15) is 4.79 Å². The van der Waals surface area contributed by atoms with Crippen LogP contribution in [-0.2, 0) is 29.0 Å². The largest absolute Gasteiger partial charge is 0.465 e. The van der Waals surface area contributed by atoms with Crippen molar-refractivity contribution in [3.05, 3.63) is 88.2 Å². The number of methoxy groups -OCH3 is 1. The molecule has 2 saturated heterocycles. The third-order valence-corrected chi connectivity index (χ3v) is 9.09. The van der Waals surface area contributed by atoms with E-state index in [1.807, 2.05) is 18.2 Å². The molecule has 8 heteroatoms. The maximum absolute atomic E-state index is 12.2. The van der Waals surface area contributed by atoms with E-state index in [2.05, 4.69) is 64.7 Å². The molecule has 1 atom stereocenters. The first-order chi connectivity index (χ1) is 20.4. The minimum Gasteiger partial charge on any atom is -0.465 e. The highest BCUT2D eigenvalue weighted by Gasteiger charge is 2.25. The SMILES string of the molecule is COC(=O)c1ccc2nc(CN3CCC(Cc4cccc(N(C)c5ccc(C)cc5Cl)c4)CC3)n(CC3CCO3)c2c1. The fourth-order valence-electron chi connectivity index (χ4n) is 6.17. The maximum Gasteiger partial charge on any atom is 0.337 e. The number of aryl methyl sites for hydroxylation is 1. The van der Waals surface area contributed by atoms with E-state index in [1.54, 1.807) is 6.07 Å². The Morgan fingerprint density at radius 2 is 1.90 bits per heavy atom. The van der Waals surface area contributed by atoms with Gasteiger partial charge in [0.25, 0.3) is 0 Å². The van der Waals surface area contributed by atoms with E-state index in [0.29, 0.717) is 11.5 Å². The molecular weight excluding hydrogens is 548 g/mol. The minimum atomic E-state index is -0.329. The normalized spacial score (nSPS) is 17.8. The first kappa shape index (κ1) is 28.7. The standard InChI is InChI=1S/C34H39ClN4O3/c1-23-7-10-31(29(35)17-23)37(2)27-6-4-5-25(19-27)18-24-11-14-38(15-12-24)22-33-36-30-9-8-26(34(40)41-3)20-32(30)39(33)21-28-13-16-42-28/h4-10,17,19-20,24,28H,11-16,18,21-22H2,1-3H3. The van der Waals surface area contributed by atoms with Crippen molar-refractivity contribution < 1.29 is 14.3 Å². The number of likely N-dealkylation sites (tertiary alicyclic amines) is 1. The highest BCUT2D eigenvalue weighted by atomic mass is 35.5. The number of carbonyl (C=O) groups is 1. The van der Waals surface area contributed by atoms with Gasteiger partial charge in [0, 0.05) is 19.3 Å². The van der Waals surface area contributed by atoms with Gasteiger partial charge in [-0.05, 0) is 105 Å². The Bertz CT molecular complexity index is 1570. The summed E-state index contributed by atoms with van der Waals surface area (Å²) in [5.74, 6) is 1.35. The molecule has 1 aromatic heterocycles. The summed E-state index contributed by atoms with van der Waals surface area (Å²) >= 11 is 6.56. The van der Waals surface area contributed by atoms with E-state index < -0.39 is 0 Å².